The Morgan fingerprint density at radius 2 is 2.35 bits per heavy atom. The fourth-order valence-corrected chi connectivity index (χ4v) is 2.51. The van der Waals surface area contributed by atoms with Crippen molar-refractivity contribution in [3.63, 3.8) is 0 Å². The molecule has 0 aliphatic carbocycles. The molecule has 1 unspecified atom stereocenters. The Hall–Kier alpha value is -1.13. The first-order valence-corrected chi connectivity index (χ1v) is 6.25. The molecule has 0 spiro atoms. The van der Waals surface area contributed by atoms with Gasteiger partial charge in [-0.25, -0.2) is 9.67 Å². The SMILES string of the molecule is Cc1cc(Cl)c2cnn(C3CCCCO3)c2n1. The third-order valence-electron chi connectivity index (χ3n) is 3.07. The summed E-state index contributed by atoms with van der Waals surface area (Å²) in [4.78, 5) is 4.51. The van der Waals surface area contributed by atoms with Crippen LogP contribution in [0.2, 0.25) is 5.02 Å². The Morgan fingerprint density at radius 3 is 3.12 bits per heavy atom. The van der Waals surface area contributed by atoms with E-state index < -0.39 is 0 Å². The van der Waals surface area contributed by atoms with Crippen molar-refractivity contribution in [2.45, 2.75) is 32.4 Å². The summed E-state index contributed by atoms with van der Waals surface area (Å²) < 4.78 is 7.58. The molecule has 2 aromatic heterocycles. The van der Waals surface area contributed by atoms with Crippen molar-refractivity contribution in [2.75, 3.05) is 6.61 Å². The van der Waals surface area contributed by atoms with Crippen LogP contribution in [-0.4, -0.2) is 21.4 Å². The fourth-order valence-electron chi connectivity index (χ4n) is 2.22. The molecule has 2 aromatic rings. The lowest BCUT2D eigenvalue weighted by atomic mass is 10.2. The summed E-state index contributed by atoms with van der Waals surface area (Å²) in [6, 6.07) is 1.86. The number of aryl methyl sites for hydroxylation is 1. The Balaban J connectivity index is 2.10. The van der Waals surface area contributed by atoms with E-state index in [9.17, 15) is 0 Å². The van der Waals surface area contributed by atoms with Crippen molar-refractivity contribution in [2.24, 2.45) is 0 Å². The monoisotopic (exact) mass is 251 g/mol. The lowest BCUT2D eigenvalue weighted by Gasteiger charge is -2.23. The highest BCUT2D eigenvalue weighted by molar-refractivity contribution is 6.35. The molecule has 90 valence electrons. The summed E-state index contributed by atoms with van der Waals surface area (Å²) in [6.07, 6.45) is 5.06. The van der Waals surface area contributed by atoms with Crippen LogP contribution in [0.5, 0.6) is 0 Å². The predicted molar refractivity (Wildman–Crippen MR) is 66.1 cm³/mol. The molecular formula is C12H14ClN3O. The van der Waals surface area contributed by atoms with Crippen molar-refractivity contribution < 1.29 is 4.74 Å². The van der Waals surface area contributed by atoms with Crippen LogP contribution < -0.4 is 0 Å². The zero-order chi connectivity index (χ0) is 11.8. The maximum Gasteiger partial charge on any atom is 0.162 e. The molecule has 0 amide bonds. The second kappa shape index (κ2) is 4.27. The summed E-state index contributed by atoms with van der Waals surface area (Å²) in [6.45, 7) is 2.73. The first-order valence-electron chi connectivity index (χ1n) is 5.87. The second-order valence-electron chi connectivity index (χ2n) is 4.39. The fraction of sp³-hybridized carbons (Fsp3) is 0.500. The van der Waals surface area contributed by atoms with Gasteiger partial charge < -0.3 is 4.74 Å². The summed E-state index contributed by atoms with van der Waals surface area (Å²) in [5.74, 6) is 0. The Kier molecular flexibility index (Phi) is 2.76. The number of aromatic nitrogens is 3. The number of hydrogen-bond acceptors (Lipinski definition) is 3. The lowest BCUT2D eigenvalue weighted by molar-refractivity contribution is -0.0370. The predicted octanol–water partition coefficient (Wildman–Crippen LogP) is 3.09. The van der Waals surface area contributed by atoms with Crippen molar-refractivity contribution >= 4 is 22.6 Å². The van der Waals surface area contributed by atoms with E-state index in [1.165, 1.54) is 6.42 Å². The van der Waals surface area contributed by atoms with Crippen LogP contribution in [0.4, 0.5) is 0 Å². The highest BCUT2D eigenvalue weighted by Gasteiger charge is 2.20. The van der Waals surface area contributed by atoms with Gasteiger partial charge in [0.25, 0.3) is 0 Å². The van der Waals surface area contributed by atoms with Crippen LogP contribution in [-0.2, 0) is 4.74 Å². The molecule has 0 N–H and O–H groups in total. The normalized spacial score (nSPS) is 20.9. The molecule has 3 heterocycles. The largest absolute Gasteiger partial charge is 0.356 e. The molecule has 0 aromatic carbocycles. The van der Waals surface area contributed by atoms with Gasteiger partial charge in [-0.1, -0.05) is 11.6 Å². The van der Waals surface area contributed by atoms with Crippen LogP contribution >= 0.6 is 11.6 Å². The van der Waals surface area contributed by atoms with Crippen LogP contribution in [0.1, 0.15) is 31.2 Å². The molecule has 17 heavy (non-hydrogen) atoms. The first-order chi connectivity index (χ1) is 8.25. The molecule has 1 fully saturated rings. The van der Waals surface area contributed by atoms with E-state index in [2.05, 4.69) is 10.1 Å². The van der Waals surface area contributed by atoms with Gasteiger partial charge in [-0.3, -0.25) is 0 Å². The number of hydrogen-bond donors (Lipinski definition) is 0. The number of nitrogens with zero attached hydrogens (tertiary/aromatic N) is 3. The van der Waals surface area contributed by atoms with E-state index in [0.29, 0.717) is 5.02 Å². The maximum atomic E-state index is 6.18. The average molecular weight is 252 g/mol. The van der Waals surface area contributed by atoms with Crippen LogP contribution in [0.15, 0.2) is 12.3 Å². The highest BCUT2D eigenvalue weighted by Crippen LogP contribution is 2.28. The van der Waals surface area contributed by atoms with E-state index in [0.717, 1.165) is 36.2 Å². The molecule has 1 atom stereocenters. The van der Waals surface area contributed by atoms with E-state index in [-0.39, 0.29) is 6.23 Å². The second-order valence-corrected chi connectivity index (χ2v) is 4.80. The molecule has 5 heteroatoms. The Morgan fingerprint density at radius 1 is 1.47 bits per heavy atom. The van der Waals surface area contributed by atoms with Gasteiger partial charge in [-0.05, 0) is 32.3 Å². The van der Waals surface area contributed by atoms with E-state index in [1.54, 1.807) is 6.20 Å². The molecule has 1 saturated heterocycles. The number of fused-ring (bicyclic) bond motifs is 1. The molecule has 1 aliphatic heterocycles. The smallest absolute Gasteiger partial charge is 0.162 e. The summed E-state index contributed by atoms with van der Waals surface area (Å²) in [7, 11) is 0. The third kappa shape index (κ3) is 1.91. The topological polar surface area (TPSA) is 39.9 Å². The van der Waals surface area contributed by atoms with Crippen molar-refractivity contribution in [1.82, 2.24) is 14.8 Å². The van der Waals surface area contributed by atoms with Crippen LogP contribution in [0.25, 0.3) is 11.0 Å². The van der Waals surface area contributed by atoms with Gasteiger partial charge >= 0.3 is 0 Å². The molecule has 4 nitrogen and oxygen atoms in total. The minimum absolute atomic E-state index is 0.00613. The zero-order valence-corrected chi connectivity index (χ0v) is 10.4. The van der Waals surface area contributed by atoms with Gasteiger partial charge in [0.1, 0.15) is 0 Å². The lowest BCUT2D eigenvalue weighted by Crippen LogP contribution is -2.19. The Bertz CT molecular complexity index is 546. The zero-order valence-electron chi connectivity index (χ0n) is 9.69. The van der Waals surface area contributed by atoms with E-state index in [1.807, 2.05) is 17.7 Å². The third-order valence-corrected chi connectivity index (χ3v) is 3.39. The van der Waals surface area contributed by atoms with Crippen molar-refractivity contribution in [3.05, 3.63) is 23.0 Å². The Labute approximate surface area is 105 Å². The maximum absolute atomic E-state index is 6.18. The summed E-state index contributed by atoms with van der Waals surface area (Å²) >= 11 is 6.18. The van der Waals surface area contributed by atoms with Gasteiger partial charge in [0.2, 0.25) is 0 Å². The van der Waals surface area contributed by atoms with Crippen LogP contribution in [0.3, 0.4) is 0 Å². The number of halogens is 1. The van der Waals surface area contributed by atoms with E-state index >= 15 is 0 Å². The minimum atomic E-state index is 0.00613. The standard InChI is InChI=1S/C12H14ClN3O/c1-8-6-10(13)9-7-14-16(12(9)15-8)11-4-2-3-5-17-11/h6-7,11H,2-5H2,1H3. The summed E-state index contributed by atoms with van der Waals surface area (Å²) in [5, 5.41) is 5.96. The van der Waals surface area contributed by atoms with Gasteiger partial charge in [-0.15, -0.1) is 0 Å². The quantitative estimate of drug-likeness (QED) is 0.782. The molecule has 1 aliphatic rings. The molecular weight excluding hydrogens is 238 g/mol. The van der Waals surface area contributed by atoms with Gasteiger partial charge in [0.05, 0.1) is 16.6 Å². The van der Waals surface area contributed by atoms with Gasteiger partial charge in [0, 0.05) is 12.3 Å². The summed E-state index contributed by atoms with van der Waals surface area (Å²) in [5.41, 5.74) is 1.72. The number of pyridine rings is 1. The van der Waals surface area contributed by atoms with Gasteiger partial charge in [0.15, 0.2) is 11.9 Å². The average Bonchev–Trinajstić information content (AvgIpc) is 2.74. The molecule has 0 bridgehead atoms. The van der Waals surface area contributed by atoms with Crippen molar-refractivity contribution in [3.8, 4) is 0 Å². The molecule has 3 rings (SSSR count). The van der Waals surface area contributed by atoms with E-state index in [4.69, 9.17) is 16.3 Å². The number of ether oxygens (including phenoxy) is 1. The van der Waals surface area contributed by atoms with Crippen LogP contribution in [0, 0.1) is 6.92 Å². The minimum Gasteiger partial charge on any atom is -0.356 e. The number of rotatable bonds is 1. The van der Waals surface area contributed by atoms with Gasteiger partial charge in [-0.2, -0.15) is 5.10 Å². The first kappa shape index (κ1) is 11.0. The molecule has 0 radical (unpaired) electrons. The van der Waals surface area contributed by atoms with Crippen molar-refractivity contribution in [1.29, 1.82) is 0 Å². The highest BCUT2D eigenvalue weighted by atomic mass is 35.5. The molecule has 0 saturated carbocycles.